The molecule has 0 spiro atoms. The van der Waals surface area contributed by atoms with E-state index in [2.05, 4.69) is 5.16 Å². The minimum absolute atomic E-state index is 0.101. The van der Waals surface area contributed by atoms with E-state index in [1.807, 2.05) is 38.1 Å². The van der Waals surface area contributed by atoms with E-state index in [0.717, 1.165) is 21.8 Å². The standard InChI is InChI=1S/C16H21N3O4S/c1-5-18(14-8-6-7-12(2)9-14)16(20)11-19(24(4,21)22)15-10-13(3)23-17-15/h6-10H,5,11H2,1-4H3. The van der Waals surface area contributed by atoms with Gasteiger partial charge < -0.3 is 9.42 Å². The van der Waals surface area contributed by atoms with Crippen LogP contribution in [0.25, 0.3) is 0 Å². The number of sulfonamides is 1. The number of aryl methyl sites for hydroxylation is 2. The summed E-state index contributed by atoms with van der Waals surface area (Å²) in [5, 5.41) is 3.71. The summed E-state index contributed by atoms with van der Waals surface area (Å²) in [7, 11) is -3.67. The van der Waals surface area contributed by atoms with Crippen molar-refractivity contribution >= 4 is 27.4 Å². The number of anilines is 2. The van der Waals surface area contributed by atoms with Crippen molar-refractivity contribution in [3.8, 4) is 0 Å². The summed E-state index contributed by atoms with van der Waals surface area (Å²) in [5.74, 6) is 0.231. The summed E-state index contributed by atoms with van der Waals surface area (Å²) in [5.41, 5.74) is 1.75. The third kappa shape index (κ3) is 4.14. The van der Waals surface area contributed by atoms with Gasteiger partial charge >= 0.3 is 0 Å². The molecule has 2 aromatic rings. The SMILES string of the molecule is CCN(C(=O)CN(c1cc(C)on1)S(C)(=O)=O)c1cccc(C)c1. The average molecular weight is 351 g/mol. The maximum absolute atomic E-state index is 12.7. The predicted octanol–water partition coefficient (Wildman–Crippen LogP) is 2.11. The number of amides is 1. The van der Waals surface area contributed by atoms with Crippen LogP contribution in [0.15, 0.2) is 34.9 Å². The fraction of sp³-hybridized carbons (Fsp3) is 0.375. The van der Waals surface area contributed by atoms with Gasteiger partial charge in [-0.2, -0.15) is 0 Å². The van der Waals surface area contributed by atoms with Crippen molar-refractivity contribution in [2.75, 3.05) is 28.6 Å². The van der Waals surface area contributed by atoms with Crippen LogP contribution in [0.4, 0.5) is 11.5 Å². The Kier molecular flexibility index (Phi) is 5.28. The van der Waals surface area contributed by atoms with E-state index in [-0.39, 0.29) is 18.3 Å². The van der Waals surface area contributed by atoms with Gasteiger partial charge in [-0.05, 0) is 38.5 Å². The molecule has 0 aliphatic rings. The monoisotopic (exact) mass is 351 g/mol. The summed E-state index contributed by atoms with van der Waals surface area (Å²) in [6, 6.07) is 8.97. The van der Waals surface area contributed by atoms with E-state index in [4.69, 9.17) is 4.52 Å². The zero-order valence-corrected chi connectivity index (χ0v) is 15.0. The number of rotatable bonds is 6. The Morgan fingerprint density at radius 2 is 1.96 bits per heavy atom. The number of carbonyl (C=O) groups is 1. The molecule has 0 atom stereocenters. The predicted molar refractivity (Wildman–Crippen MR) is 92.6 cm³/mol. The van der Waals surface area contributed by atoms with E-state index < -0.39 is 10.0 Å². The third-order valence-corrected chi connectivity index (χ3v) is 4.60. The van der Waals surface area contributed by atoms with Gasteiger partial charge in [-0.3, -0.25) is 4.79 Å². The van der Waals surface area contributed by atoms with Gasteiger partial charge in [-0.1, -0.05) is 17.3 Å². The minimum Gasteiger partial charge on any atom is -0.360 e. The van der Waals surface area contributed by atoms with Crippen molar-refractivity contribution in [2.45, 2.75) is 20.8 Å². The maximum Gasteiger partial charge on any atom is 0.247 e. The number of aromatic nitrogens is 1. The van der Waals surface area contributed by atoms with Crippen molar-refractivity contribution in [1.29, 1.82) is 0 Å². The zero-order chi connectivity index (χ0) is 17.9. The van der Waals surface area contributed by atoms with Crippen molar-refractivity contribution in [1.82, 2.24) is 5.16 Å². The van der Waals surface area contributed by atoms with Gasteiger partial charge in [-0.25, -0.2) is 12.7 Å². The molecule has 0 bridgehead atoms. The Morgan fingerprint density at radius 3 is 2.46 bits per heavy atom. The number of nitrogens with zero attached hydrogens (tertiary/aromatic N) is 3. The second-order valence-electron chi connectivity index (χ2n) is 5.54. The Bertz CT molecular complexity index is 829. The van der Waals surface area contributed by atoms with Crippen molar-refractivity contribution in [3.05, 3.63) is 41.7 Å². The molecule has 0 saturated heterocycles. The fourth-order valence-corrected chi connectivity index (χ4v) is 3.12. The second kappa shape index (κ2) is 7.04. The van der Waals surface area contributed by atoms with Crippen LogP contribution in [0.3, 0.4) is 0 Å². The van der Waals surface area contributed by atoms with E-state index in [9.17, 15) is 13.2 Å². The Hall–Kier alpha value is -2.35. The number of benzene rings is 1. The average Bonchev–Trinajstić information content (AvgIpc) is 2.90. The fourth-order valence-electron chi connectivity index (χ4n) is 2.35. The van der Waals surface area contributed by atoms with Crippen LogP contribution in [-0.2, 0) is 14.8 Å². The smallest absolute Gasteiger partial charge is 0.247 e. The lowest BCUT2D eigenvalue weighted by molar-refractivity contribution is -0.117. The molecule has 0 saturated carbocycles. The number of hydrogen-bond acceptors (Lipinski definition) is 5. The van der Waals surface area contributed by atoms with E-state index in [0.29, 0.717) is 12.3 Å². The van der Waals surface area contributed by atoms with Gasteiger partial charge in [-0.15, -0.1) is 0 Å². The first-order valence-electron chi connectivity index (χ1n) is 7.50. The molecule has 1 aromatic carbocycles. The molecule has 0 unspecified atom stereocenters. The number of hydrogen-bond donors (Lipinski definition) is 0. The highest BCUT2D eigenvalue weighted by Crippen LogP contribution is 2.20. The zero-order valence-electron chi connectivity index (χ0n) is 14.2. The summed E-state index contributed by atoms with van der Waals surface area (Å²) in [4.78, 5) is 14.2. The van der Waals surface area contributed by atoms with Crippen LogP contribution >= 0.6 is 0 Å². The third-order valence-electron chi connectivity index (χ3n) is 3.48. The van der Waals surface area contributed by atoms with Crippen molar-refractivity contribution in [3.63, 3.8) is 0 Å². The van der Waals surface area contributed by atoms with Gasteiger partial charge in [0.2, 0.25) is 15.9 Å². The number of likely N-dealkylation sites (N-methyl/N-ethyl adjacent to an activating group) is 1. The lowest BCUT2D eigenvalue weighted by Gasteiger charge is -2.25. The first kappa shape index (κ1) is 18.0. The molecule has 2 rings (SSSR count). The molecule has 0 N–H and O–H groups in total. The van der Waals surface area contributed by atoms with Gasteiger partial charge in [0.15, 0.2) is 5.82 Å². The van der Waals surface area contributed by atoms with Gasteiger partial charge in [0, 0.05) is 18.3 Å². The molecule has 24 heavy (non-hydrogen) atoms. The van der Waals surface area contributed by atoms with E-state index in [1.165, 1.54) is 11.0 Å². The number of carbonyl (C=O) groups excluding carboxylic acids is 1. The minimum atomic E-state index is -3.67. The van der Waals surface area contributed by atoms with Crippen LogP contribution in [0.1, 0.15) is 18.2 Å². The first-order valence-corrected chi connectivity index (χ1v) is 9.35. The molecule has 1 amide bonds. The van der Waals surface area contributed by atoms with Crippen LogP contribution in [0.5, 0.6) is 0 Å². The van der Waals surface area contributed by atoms with E-state index >= 15 is 0 Å². The summed E-state index contributed by atoms with van der Waals surface area (Å²) in [6.07, 6.45) is 1.03. The molecule has 7 nitrogen and oxygen atoms in total. The topological polar surface area (TPSA) is 83.7 Å². The Balaban J connectivity index is 2.29. The van der Waals surface area contributed by atoms with Crippen LogP contribution in [-0.4, -0.2) is 38.8 Å². The van der Waals surface area contributed by atoms with Crippen LogP contribution in [0.2, 0.25) is 0 Å². The largest absolute Gasteiger partial charge is 0.360 e. The molecule has 1 aromatic heterocycles. The first-order chi connectivity index (χ1) is 11.2. The van der Waals surface area contributed by atoms with Crippen molar-refractivity contribution in [2.24, 2.45) is 0 Å². The van der Waals surface area contributed by atoms with Crippen molar-refractivity contribution < 1.29 is 17.7 Å². The van der Waals surface area contributed by atoms with Gasteiger partial charge in [0.05, 0.1) is 6.26 Å². The maximum atomic E-state index is 12.7. The summed E-state index contributed by atoms with van der Waals surface area (Å²) in [6.45, 7) is 5.52. The highest BCUT2D eigenvalue weighted by molar-refractivity contribution is 7.92. The summed E-state index contributed by atoms with van der Waals surface area (Å²) < 4.78 is 30.0. The Labute approximate surface area is 141 Å². The highest BCUT2D eigenvalue weighted by Gasteiger charge is 2.26. The second-order valence-corrected chi connectivity index (χ2v) is 7.45. The van der Waals surface area contributed by atoms with Gasteiger partial charge in [0.25, 0.3) is 0 Å². The van der Waals surface area contributed by atoms with Gasteiger partial charge in [0.1, 0.15) is 12.3 Å². The quantitative estimate of drug-likeness (QED) is 0.796. The molecule has 0 aliphatic carbocycles. The molecule has 1 heterocycles. The van der Waals surface area contributed by atoms with Crippen LogP contribution < -0.4 is 9.21 Å². The van der Waals surface area contributed by atoms with Crippen LogP contribution in [0, 0.1) is 13.8 Å². The molecule has 0 radical (unpaired) electrons. The lowest BCUT2D eigenvalue weighted by atomic mass is 10.2. The molecular weight excluding hydrogens is 330 g/mol. The normalized spacial score (nSPS) is 11.3. The Morgan fingerprint density at radius 1 is 1.25 bits per heavy atom. The molecule has 130 valence electrons. The lowest BCUT2D eigenvalue weighted by Crippen LogP contribution is -2.43. The van der Waals surface area contributed by atoms with E-state index in [1.54, 1.807) is 6.92 Å². The summed E-state index contributed by atoms with van der Waals surface area (Å²) >= 11 is 0. The molecule has 8 heteroatoms. The molecular formula is C16H21N3O4S. The molecule has 0 aliphatic heterocycles. The molecule has 0 fully saturated rings. The highest BCUT2D eigenvalue weighted by atomic mass is 32.2.